The van der Waals surface area contributed by atoms with Gasteiger partial charge in [0, 0.05) is 24.7 Å². The van der Waals surface area contributed by atoms with Crippen LogP contribution in [0.15, 0.2) is 24.3 Å². The Morgan fingerprint density at radius 3 is 2.54 bits per heavy atom. The van der Waals surface area contributed by atoms with Crippen LogP contribution in [0.4, 0.5) is 0 Å². The first-order chi connectivity index (χ1) is 11.5. The van der Waals surface area contributed by atoms with E-state index in [0.717, 1.165) is 18.4 Å². The zero-order chi connectivity index (χ0) is 16.9. The summed E-state index contributed by atoms with van der Waals surface area (Å²) in [4.78, 5) is 14.9. The van der Waals surface area contributed by atoms with Gasteiger partial charge in [-0.15, -0.1) is 0 Å². The molecule has 1 aliphatic carbocycles. The van der Waals surface area contributed by atoms with E-state index in [-0.39, 0.29) is 23.9 Å². The standard InChI is InChI=1S/C18H24ClN3O2/c1-21-16(12-7-9-13(19)10-8-12)15-11-22(14-5-3-2-4-6-14)17(23)18(15,24)20-21/h7-10,14-16,20,24H,2-6,11H2,1H3/t15-,16+,18+/m0/s1. The minimum atomic E-state index is -1.49. The summed E-state index contributed by atoms with van der Waals surface area (Å²) in [5, 5.41) is 13.6. The van der Waals surface area contributed by atoms with E-state index in [1.54, 1.807) is 0 Å². The fraction of sp³-hybridized carbons (Fsp3) is 0.611. The first-order valence-corrected chi connectivity index (χ1v) is 9.18. The van der Waals surface area contributed by atoms with Crippen molar-refractivity contribution in [2.24, 2.45) is 5.92 Å². The van der Waals surface area contributed by atoms with Gasteiger partial charge < -0.3 is 10.0 Å². The van der Waals surface area contributed by atoms with Crippen molar-refractivity contribution in [3.63, 3.8) is 0 Å². The lowest BCUT2D eigenvalue weighted by atomic mass is 9.89. The lowest BCUT2D eigenvalue weighted by molar-refractivity contribution is -0.151. The number of aliphatic hydroxyl groups is 1. The van der Waals surface area contributed by atoms with Crippen LogP contribution in [0.3, 0.4) is 0 Å². The molecule has 3 fully saturated rings. The molecule has 0 radical (unpaired) electrons. The molecular formula is C18H24ClN3O2. The SMILES string of the molecule is CN1N[C@]2(O)C(=O)N(C3CCCCC3)C[C@H]2[C@H]1c1ccc(Cl)cc1. The molecule has 1 amide bonds. The highest BCUT2D eigenvalue weighted by Gasteiger charge is 2.62. The minimum Gasteiger partial charge on any atom is -0.366 e. The van der Waals surface area contributed by atoms with Crippen molar-refractivity contribution in [1.82, 2.24) is 15.3 Å². The molecule has 24 heavy (non-hydrogen) atoms. The molecule has 2 aliphatic heterocycles. The number of rotatable bonds is 2. The van der Waals surface area contributed by atoms with Gasteiger partial charge in [-0.25, -0.2) is 10.4 Å². The van der Waals surface area contributed by atoms with Crippen molar-refractivity contribution < 1.29 is 9.90 Å². The van der Waals surface area contributed by atoms with E-state index in [1.165, 1.54) is 19.3 Å². The summed E-state index contributed by atoms with van der Waals surface area (Å²) in [6, 6.07) is 7.90. The number of likely N-dealkylation sites (tertiary alicyclic amines) is 1. The number of nitrogens with zero attached hydrogens (tertiary/aromatic N) is 2. The molecule has 2 saturated heterocycles. The Kier molecular flexibility index (Phi) is 4.07. The first-order valence-electron chi connectivity index (χ1n) is 8.80. The summed E-state index contributed by atoms with van der Waals surface area (Å²) in [6.45, 7) is 0.602. The number of hydrazine groups is 1. The lowest BCUT2D eigenvalue weighted by Crippen LogP contribution is -2.54. The molecule has 2 N–H and O–H groups in total. The number of fused-ring (bicyclic) bond motifs is 1. The van der Waals surface area contributed by atoms with Crippen LogP contribution in [-0.2, 0) is 4.79 Å². The minimum absolute atomic E-state index is 0.0511. The van der Waals surface area contributed by atoms with Crippen molar-refractivity contribution in [3.8, 4) is 0 Å². The second kappa shape index (κ2) is 5.99. The molecule has 0 aromatic heterocycles. The average Bonchev–Trinajstić information content (AvgIpc) is 2.98. The van der Waals surface area contributed by atoms with Gasteiger partial charge >= 0.3 is 0 Å². The Labute approximate surface area is 147 Å². The Morgan fingerprint density at radius 1 is 1.21 bits per heavy atom. The van der Waals surface area contributed by atoms with Crippen molar-refractivity contribution in [1.29, 1.82) is 0 Å². The zero-order valence-electron chi connectivity index (χ0n) is 13.9. The molecule has 6 heteroatoms. The number of carbonyl (C=O) groups excluding carboxylic acids is 1. The van der Waals surface area contributed by atoms with Gasteiger partial charge in [-0.1, -0.05) is 43.0 Å². The molecule has 130 valence electrons. The third-order valence-electron chi connectivity index (χ3n) is 5.89. The maximum absolute atomic E-state index is 13.0. The second-order valence-corrected chi connectivity index (χ2v) is 7.78. The van der Waals surface area contributed by atoms with Gasteiger partial charge in [-0.3, -0.25) is 4.79 Å². The van der Waals surface area contributed by atoms with Gasteiger partial charge in [-0.05, 0) is 30.5 Å². The zero-order valence-corrected chi connectivity index (χ0v) is 14.7. The fourth-order valence-corrected chi connectivity index (χ4v) is 4.82. The van der Waals surface area contributed by atoms with Gasteiger partial charge in [0.15, 0.2) is 0 Å². The van der Waals surface area contributed by atoms with Crippen LogP contribution < -0.4 is 5.43 Å². The molecular weight excluding hydrogens is 326 g/mol. The lowest BCUT2D eigenvalue weighted by Gasteiger charge is -2.33. The van der Waals surface area contributed by atoms with Gasteiger partial charge in [0.2, 0.25) is 5.72 Å². The monoisotopic (exact) mass is 349 g/mol. The van der Waals surface area contributed by atoms with Crippen molar-refractivity contribution in [2.45, 2.75) is 49.9 Å². The number of nitrogens with one attached hydrogen (secondary N) is 1. The molecule has 1 aromatic carbocycles. The van der Waals surface area contributed by atoms with Gasteiger partial charge in [-0.2, -0.15) is 0 Å². The molecule has 5 nitrogen and oxygen atoms in total. The van der Waals surface area contributed by atoms with Gasteiger partial charge in [0.05, 0.1) is 12.0 Å². The number of hydrogen-bond donors (Lipinski definition) is 2. The Balaban J connectivity index is 1.63. The normalized spacial score (nSPS) is 34.8. The number of benzene rings is 1. The third kappa shape index (κ3) is 2.46. The smallest absolute Gasteiger partial charge is 0.271 e. The second-order valence-electron chi connectivity index (χ2n) is 7.34. The first kappa shape index (κ1) is 16.3. The summed E-state index contributed by atoms with van der Waals surface area (Å²) in [7, 11) is 1.88. The van der Waals surface area contributed by atoms with Crippen LogP contribution in [0.2, 0.25) is 5.02 Å². The van der Waals surface area contributed by atoms with Crippen molar-refractivity contribution in [3.05, 3.63) is 34.9 Å². The highest BCUT2D eigenvalue weighted by Crippen LogP contribution is 2.46. The van der Waals surface area contributed by atoms with E-state index in [9.17, 15) is 9.90 Å². The van der Waals surface area contributed by atoms with E-state index in [1.807, 2.05) is 41.2 Å². The van der Waals surface area contributed by atoms with Gasteiger partial charge in [0.25, 0.3) is 5.91 Å². The predicted molar refractivity (Wildman–Crippen MR) is 92.1 cm³/mol. The van der Waals surface area contributed by atoms with E-state index in [4.69, 9.17) is 11.6 Å². The average molecular weight is 350 g/mol. The highest BCUT2D eigenvalue weighted by molar-refractivity contribution is 6.30. The van der Waals surface area contributed by atoms with Crippen LogP contribution >= 0.6 is 11.6 Å². The number of hydrogen-bond acceptors (Lipinski definition) is 4. The summed E-state index contributed by atoms with van der Waals surface area (Å²) in [6.07, 6.45) is 5.70. The number of carbonyl (C=O) groups is 1. The maximum Gasteiger partial charge on any atom is 0.271 e. The largest absolute Gasteiger partial charge is 0.366 e. The van der Waals surface area contributed by atoms with Crippen molar-refractivity contribution >= 4 is 17.5 Å². The Hall–Kier alpha value is -1.14. The molecule has 3 aliphatic rings. The van der Waals surface area contributed by atoms with Crippen LogP contribution in [0, 0.1) is 5.92 Å². The molecule has 0 spiro atoms. The fourth-order valence-electron chi connectivity index (χ4n) is 4.70. The number of amides is 1. The Bertz CT molecular complexity index is 632. The third-order valence-corrected chi connectivity index (χ3v) is 6.14. The molecule has 0 unspecified atom stereocenters. The predicted octanol–water partition coefficient (Wildman–Crippen LogP) is 2.31. The number of halogens is 1. The van der Waals surface area contributed by atoms with Crippen LogP contribution in [-0.4, -0.2) is 46.3 Å². The maximum atomic E-state index is 13.0. The van der Waals surface area contributed by atoms with Crippen LogP contribution in [0.1, 0.15) is 43.7 Å². The summed E-state index contributed by atoms with van der Waals surface area (Å²) in [5.74, 6) is -0.346. The van der Waals surface area contributed by atoms with Crippen molar-refractivity contribution in [2.75, 3.05) is 13.6 Å². The van der Waals surface area contributed by atoms with E-state index >= 15 is 0 Å². The topological polar surface area (TPSA) is 55.8 Å². The quantitative estimate of drug-likeness (QED) is 0.860. The van der Waals surface area contributed by atoms with E-state index in [2.05, 4.69) is 5.43 Å². The summed E-state index contributed by atoms with van der Waals surface area (Å²) in [5.41, 5.74) is 2.61. The van der Waals surface area contributed by atoms with E-state index < -0.39 is 5.72 Å². The molecule has 1 saturated carbocycles. The van der Waals surface area contributed by atoms with E-state index in [0.29, 0.717) is 11.6 Å². The molecule has 0 bridgehead atoms. The summed E-state index contributed by atoms with van der Waals surface area (Å²) >= 11 is 6.00. The molecule has 3 atom stereocenters. The molecule has 4 rings (SSSR count). The molecule has 2 heterocycles. The van der Waals surface area contributed by atoms with Crippen LogP contribution in [0.25, 0.3) is 0 Å². The van der Waals surface area contributed by atoms with Crippen LogP contribution in [0.5, 0.6) is 0 Å². The molecule has 1 aromatic rings. The summed E-state index contributed by atoms with van der Waals surface area (Å²) < 4.78 is 0. The highest BCUT2D eigenvalue weighted by atomic mass is 35.5. The Morgan fingerprint density at radius 2 is 1.88 bits per heavy atom. The van der Waals surface area contributed by atoms with Gasteiger partial charge in [0.1, 0.15) is 0 Å².